The Morgan fingerprint density at radius 1 is 1.28 bits per heavy atom. The summed E-state index contributed by atoms with van der Waals surface area (Å²) in [5.74, 6) is 0. The summed E-state index contributed by atoms with van der Waals surface area (Å²) in [5, 5.41) is 0. The molecule has 1 atom stereocenters. The Balaban J connectivity index is 2.79. The van der Waals surface area contributed by atoms with Crippen molar-refractivity contribution in [1.82, 2.24) is 0 Å². The van der Waals surface area contributed by atoms with Crippen LogP contribution in [0.5, 0.6) is 0 Å². The Hall–Kier alpha value is -1.07. The monoisotopic (exact) mass is 261 g/mol. The van der Waals surface area contributed by atoms with Crippen LogP contribution in [0.15, 0.2) is 24.3 Å². The van der Waals surface area contributed by atoms with Gasteiger partial charge in [-0.05, 0) is 31.4 Å². The van der Waals surface area contributed by atoms with Gasteiger partial charge in [0.1, 0.15) is 0 Å². The van der Waals surface area contributed by atoms with E-state index in [9.17, 15) is 13.2 Å². The zero-order valence-corrected chi connectivity index (χ0v) is 10.6. The normalized spacial score (nSPS) is 15.4. The van der Waals surface area contributed by atoms with E-state index in [0.717, 1.165) is 12.1 Å². The van der Waals surface area contributed by atoms with Crippen molar-refractivity contribution < 1.29 is 17.9 Å². The molecule has 1 aromatic carbocycles. The van der Waals surface area contributed by atoms with E-state index in [1.807, 2.05) is 6.92 Å². The van der Waals surface area contributed by atoms with Gasteiger partial charge in [-0.3, -0.25) is 0 Å². The molecule has 0 aliphatic rings. The lowest BCUT2D eigenvalue weighted by molar-refractivity contribution is -0.137. The molecule has 0 bridgehead atoms. The molecule has 0 saturated heterocycles. The summed E-state index contributed by atoms with van der Waals surface area (Å²) in [6.45, 7) is 2.30. The predicted octanol–water partition coefficient (Wildman–Crippen LogP) is 3.00. The lowest BCUT2D eigenvalue weighted by Crippen LogP contribution is -2.39. The van der Waals surface area contributed by atoms with E-state index in [-0.39, 0.29) is 0 Å². The zero-order chi connectivity index (χ0) is 13.8. The molecule has 1 unspecified atom stereocenters. The molecule has 0 spiro atoms. The minimum atomic E-state index is -4.31. The van der Waals surface area contributed by atoms with Crippen molar-refractivity contribution in [2.24, 2.45) is 5.73 Å². The number of benzene rings is 1. The third-order valence-corrected chi connectivity index (χ3v) is 2.74. The van der Waals surface area contributed by atoms with E-state index in [4.69, 9.17) is 10.5 Å². The van der Waals surface area contributed by atoms with Crippen molar-refractivity contribution in [3.63, 3.8) is 0 Å². The maximum Gasteiger partial charge on any atom is 0.416 e. The average Bonchev–Trinajstić information content (AvgIpc) is 2.25. The highest BCUT2D eigenvalue weighted by molar-refractivity contribution is 5.27. The molecule has 1 aromatic rings. The van der Waals surface area contributed by atoms with Gasteiger partial charge in [-0.1, -0.05) is 18.2 Å². The van der Waals surface area contributed by atoms with E-state index in [1.165, 1.54) is 6.07 Å². The molecule has 0 heterocycles. The number of hydrogen-bond donors (Lipinski definition) is 1. The first-order valence-corrected chi connectivity index (χ1v) is 5.68. The summed E-state index contributed by atoms with van der Waals surface area (Å²) in [6.07, 6.45) is -3.33. The van der Waals surface area contributed by atoms with E-state index in [2.05, 4.69) is 0 Å². The molecule has 102 valence electrons. The van der Waals surface area contributed by atoms with Crippen molar-refractivity contribution >= 4 is 0 Å². The highest BCUT2D eigenvalue weighted by Crippen LogP contribution is 2.30. The van der Waals surface area contributed by atoms with Crippen LogP contribution in [-0.2, 0) is 17.3 Å². The number of hydrogen-bond acceptors (Lipinski definition) is 2. The third kappa shape index (κ3) is 4.66. The fraction of sp³-hybridized carbons (Fsp3) is 0.538. The van der Waals surface area contributed by atoms with E-state index < -0.39 is 17.3 Å². The largest absolute Gasteiger partial charge is 0.416 e. The van der Waals surface area contributed by atoms with Crippen LogP contribution in [0.25, 0.3) is 0 Å². The van der Waals surface area contributed by atoms with Crippen LogP contribution < -0.4 is 5.73 Å². The Labute approximate surface area is 105 Å². The predicted molar refractivity (Wildman–Crippen MR) is 64.2 cm³/mol. The second-order valence-corrected chi connectivity index (χ2v) is 4.77. The number of methoxy groups -OCH3 is 1. The average molecular weight is 261 g/mol. The smallest absolute Gasteiger partial charge is 0.385 e. The van der Waals surface area contributed by atoms with Gasteiger partial charge in [0.25, 0.3) is 0 Å². The van der Waals surface area contributed by atoms with Gasteiger partial charge in [-0.2, -0.15) is 13.2 Å². The summed E-state index contributed by atoms with van der Waals surface area (Å²) >= 11 is 0. The van der Waals surface area contributed by atoms with Crippen LogP contribution in [0, 0.1) is 0 Å². The molecule has 5 heteroatoms. The molecular formula is C13H18F3NO. The molecule has 0 saturated carbocycles. The summed E-state index contributed by atoms with van der Waals surface area (Å²) in [5.41, 5.74) is 5.42. The minimum absolute atomic E-state index is 0.389. The van der Waals surface area contributed by atoms with E-state index in [0.29, 0.717) is 25.0 Å². The van der Waals surface area contributed by atoms with Crippen LogP contribution in [0.1, 0.15) is 24.5 Å². The first-order valence-electron chi connectivity index (χ1n) is 5.68. The minimum Gasteiger partial charge on any atom is -0.385 e. The van der Waals surface area contributed by atoms with Gasteiger partial charge < -0.3 is 10.5 Å². The third-order valence-electron chi connectivity index (χ3n) is 2.74. The summed E-state index contributed by atoms with van der Waals surface area (Å²) < 4.78 is 42.6. The van der Waals surface area contributed by atoms with Gasteiger partial charge >= 0.3 is 6.18 Å². The molecule has 18 heavy (non-hydrogen) atoms. The quantitative estimate of drug-likeness (QED) is 0.884. The Bertz CT molecular complexity index is 388. The van der Waals surface area contributed by atoms with Crippen LogP contribution in [0.2, 0.25) is 0 Å². The summed E-state index contributed by atoms with van der Waals surface area (Å²) in [4.78, 5) is 0. The number of nitrogens with two attached hydrogens (primary N) is 1. The summed E-state index contributed by atoms with van der Waals surface area (Å²) in [6, 6.07) is 5.28. The molecule has 2 nitrogen and oxygen atoms in total. The lowest BCUT2D eigenvalue weighted by Gasteiger charge is -2.24. The first-order chi connectivity index (χ1) is 8.24. The van der Waals surface area contributed by atoms with Crippen molar-refractivity contribution in [3.8, 4) is 0 Å². The molecule has 1 rings (SSSR count). The fourth-order valence-electron chi connectivity index (χ4n) is 1.75. The van der Waals surface area contributed by atoms with Gasteiger partial charge in [0, 0.05) is 19.3 Å². The fourth-order valence-corrected chi connectivity index (χ4v) is 1.75. The first kappa shape index (κ1) is 15.0. The van der Waals surface area contributed by atoms with Gasteiger partial charge in [0.15, 0.2) is 0 Å². The lowest BCUT2D eigenvalue weighted by atomic mass is 9.90. The highest BCUT2D eigenvalue weighted by Gasteiger charge is 2.30. The SMILES string of the molecule is COCCC(C)(N)Cc1cccc(C(F)(F)F)c1. The molecule has 0 amide bonds. The van der Waals surface area contributed by atoms with Crippen molar-refractivity contribution in [1.29, 1.82) is 0 Å². The van der Waals surface area contributed by atoms with E-state index in [1.54, 1.807) is 13.2 Å². The molecular weight excluding hydrogens is 243 g/mol. The number of ether oxygens (including phenoxy) is 1. The Morgan fingerprint density at radius 3 is 2.50 bits per heavy atom. The van der Waals surface area contributed by atoms with Gasteiger partial charge in [0.2, 0.25) is 0 Å². The van der Waals surface area contributed by atoms with Gasteiger partial charge in [0.05, 0.1) is 5.56 Å². The van der Waals surface area contributed by atoms with Gasteiger partial charge in [-0.25, -0.2) is 0 Å². The highest BCUT2D eigenvalue weighted by atomic mass is 19.4. The maximum atomic E-state index is 12.6. The zero-order valence-electron chi connectivity index (χ0n) is 10.6. The van der Waals surface area contributed by atoms with E-state index >= 15 is 0 Å². The van der Waals surface area contributed by atoms with Crippen LogP contribution in [0.4, 0.5) is 13.2 Å². The van der Waals surface area contributed by atoms with Gasteiger partial charge in [-0.15, -0.1) is 0 Å². The van der Waals surface area contributed by atoms with Crippen LogP contribution >= 0.6 is 0 Å². The standard InChI is InChI=1S/C13H18F3NO/c1-12(17,6-7-18-2)9-10-4-3-5-11(8-10)13(14,15)16/h3-5,8H,6-7,9,17H2,1-2H3. The molecule has 2 N–H and O–H groups in total. The molecule has 0 fully saturated rings. The molecule has 0 aliphatic carbocycles. The maximum absolute atomic E-state index is 12.6. The molecule has 0 aliphatic heterocycles. The summed E-state index contributed by atoms with van der Waals surface area (Å²) in [7, 11) is 1.57. The molecule has 0 radical (unpaired) electrons. The number of halogens is 3. The second kappa shape index (κ2) is 5.71. The molecule has 0 aromatic heterocycles. The number of alkyl halides is 3. The van der Waals surface area contributed by atoms with Crippen molar-refractivity contribution in [3.05, 3.63) is 35.4 Å². The van der Waals surface area contributed by atoms with Crippen molar-refractivity contribution in [2.75, 3.05) is 13.7 Å². The topological polar surface area (TPSA) is 35.2 Å². The van der Waals surface area contributed by atoms with Crippen LogP contribution in [0.3, 0.4) is 0 Å². The van der Waals surface area contributed by atoms with Crippen molar-refractivity contribution in [2.45, 2.75) is 31.5 Å². The van der Waals surface area contributed by atoms with Crippen LogP contribution in [-0.4, -0.2) is 19.3 Å². The Morgan fingerprint density at radius 2 is 1.94 bits per heavy atom. The number of rotatable bonds is 5. The second-order valence-electron chi connectivity index (χ2n) is 4.77. The Kier molecular flexibility index (Phi) is 4.76.